The standard InChI is InChI=1S/C22H20N4O4S/c1-3-30-15-8-9-17-16(10-15)18(20(27)24-17)19-21(28)26-12-25(11-23-22(26)31-19)13-4-6-14(29-2)7-5-13/h4-10H,3,11-12H2,1-2H3,(H,24,27)/b19-18-. The minimum atomic E-state index is -0.285. The number of amides is 1. The normalized spacial score (nSPS) is 16.3. The van der Waals surface area contributed by atoms with Gasteiger partial charge in [-0.05, 0) is 49.4 Å². The number of hydrogen-bond donors (Lipinski definition) is 1. The largest absolute Gasteiger partial charge is 0.497 e. The molecule has 5 rings (SSSR count). The van der Waals surface area contributed by atoms with Crippen molar-refractivity contribution >= 4 is 34.2 Å². The molecule has 1 aromatic heterocycles. The first-order valence-corrected chi connectivity index (χ1v) is 10.7. The highest BCUT2D eigenvalue weighted by atomic mass is 32.1. The monoisotopic (exact) mass is 436 g/mol. The van der Waals surface area contributed by atoms with Gasteiger partial charge < -0.3 is 19.7 Å². The van der Waals surface area contributed by atoms with Gasteiger partial charge in [-0.1, -0.05) is 11.3 Å². The molecule has 0 aliphatic carbocycles. The van der Waals surface area contributed by atoms with Gasteiger partial charge in [-0.15, -0.1) is 0 Å². The van der Waals surface area contributed by atoms with E-state index in [-0.39, 0.29) is 11.5 Å². The molecule has 1 N–H and O–H groups in total. The summed E-state index contributed by atoms with van der Waals surface area (Å²) in [6.45, 7) is 3.21. The number of ether oxygens (including phenoxy) is 2. The molecule has 2 aromatic carbocycles. The summed E-state index contributed by atoms with van der Waals surface area (Å²) in [5.41, 5.74) is 2.45. The van der Waals surface area contributed by atoms with Gasteiger partial charge in [-0.2, -0.15) is 0 Å². The predicted octanol–water partition coefficient (Wildman–Crippen LogP) is 1.52. The quantitative estimate of drug-likeness (QED) is 0.671. The fraction of sp³-hybridized carbons (Fsp3) is 0.227. The maximum atomic E-state index is 13.3. The second-order valence-electron chi connectivity index (χ2n) is 7.10. The second kappa shape index (κ2) is 7.59. The number of thiazole rings is 1. The molecule has 1 amide bonds. The average Bonchev–Trinajstić information content (AvgIpc) is 3.29. The number of benzene rings is 2. The molecule has 0 unspecified atom stereocenters. The summed E-state index contributed by atoms with van der Waals surface area (Å²) < 4.78 is 12.8. The third-order valence-electron chi connectivity index (χ3n) is 5.26. The van der Waals surface area contributed by atoms with Crippen LogP contribution in [0.25, 0.3) is 5.57 Å². The van der Waals surface area contributed by atoms with Crippen molar-refractivity contribution in [1.29, 1.82) is 0 Å². The van der Waals surface area contributed by atoms with Gasteiger partial charge in [0.15, 0.2) is 4.80 Å². The number of hydrogen-bond acceptors (Lipinski definition) is 7. The van der Waals surface area contributed by atoms with E-state index < -0.39 is 0 Å². The molecule has 9 heteroatoms. The smallest absolute Gasteiger partial charge is 0.272 e. The number of fused-ring (bicyclic) bond motifs is 2. The van der Waals surface area contributed by atoms with Gasteiger partial charge in [-0.3, -0.25) is 14.2 Å². The molecule has 8 nitrogen and oxygen atoms in total. The van der Waals surface area contributed by atoms with E-state index in [0.717, 1.165) is 11.4 Å². The van der Waals surface area contributed by atoms with Gasteiger partial charge in [0, 0.05) is 16.9 Å². The van der Waals surface area contributed by atoms with Gasteiger partial charge in [-0.25, -0.2) is 4.99 Å². The van der Waals surface area contributed by atoms with Crippen LogP contribution in [0.5, 0.6) is 11.5 Å². The minimum Gasteiger partial charge on any atom is -0.497 e. The number of carbonyl (C=O) groups is 1. The Hall–Kier alpha value is -3.59. The van der Waals surface area contributed by atoms with Gasteiger partial charge in [0.25, 0.3) is 11.5 Å². The van der Waals surface area contributed by atoms with Crippen molar-refractivity contribution in [3.05, 3.63) is 67.7 Å². The Morgan fingerprint density at radius 1 is 1.13 bits per heavy atom. The first kappa shape index (κ1) is 19.4. The summed E-state index contributed by atoms with van der Waals surface area (Å²) in [4.78, 5) is 33.2. The highest BCUT2D eigenvalue weighted by Gasteiger charge is 2.28. The number of nitrogens with one attached hydrogen (secondary N) is 1. The number of methoxy groups -OCH3 is 1. The van der Waals surface area contributed by atoms with Crippen molar-refractivity contribution in [3.63, 3.8) is 0 Å². The maximum Gasteiger partial charge on any atom is 0.272 e. The van der Waals surface area contributed by atoms with Crippen LogP contribution in [-0.2, 0) is 11.5 Å². The summed E-state index contributed by atoms with van der Waals surface area (Å²) in [5, 5.41) is 2.84. The molecule has 0 spiro atoms. The lowest BCUT2D eigenvalue weighted by Crippen LogP contribution is -2.43. The highest BCUT2D eigenvalue weighted by Crippen LogP contribution is 2.33. The molecule has 0 radical (unpaired) electrons. The molecule has 0 atom stereocenters. The summed E-state index contributed by atoms with van der Waals surface area (Å²) in [6.07, 6.45) is 0. The molecular formula is C22H20N4O4S. The first-order valence-electron chi connectivity index (χ1n) is 9.85. The molecule has 2 aliphatic heterocycles. The molecular weight excluding hydrogens is 416 g/mol. The molecule has 0 saturated carbocycles. The molecule has 31 heavy (non-hydrogen) atoms. The van der Waals surface area contributed by atoms with Crippen LogP contribution in [0.2, 0.25) is 0 Å². The van der Waals surface area contributed by atoms with E-state index in [4.69, 9.17) is 9.47 Å². The fourth-order valence-electron chi connectivity index (χ4n) is 3.75. The van der Waals surface area contributed by atoms with Gasteiger partial charge in [0.1, 0.15) is 29.4 Å². The van der Waals surface area contributed by atoms with Crippen molar-refractivity contribution in [1.82, 2.24) is 4.57 Å². The average molecular weight is 436 g/mol. The first-order chi connectivity index (χ1) is 15.1. The molecule has 158 valence electrons. The Kier molecular flexibility index (Phi) is 4.74. The Morgan fingerprint density at radius 3 is 2.65 bits per heavy atom. The Morgan fingerprint density at radius 2 is 1.90 bits per heavy atom. The summed E-state index contributed by atoms with van der Waals surface area (Å²) in [6, 6.07) is 13.0. The van der Waals surface area contributed by atoms with E-state index in [2.05, 4.69) is 10.3 Å². The summed E-state index contributed by atoms with van der Waals surface area (Å²) in [7, 11) is 1.62. The van der Waals surface area contributed by atoms with Crippen LogP contribution in [0.4, 0.5) is 11.4 Å². The zero-order chi connectivity index (χ0) is 21.5. The number of carbonyl (C=O) groups excluding carboxylic acids is 1. The lowest BCUT2D eigenvalue weighted by molar-refractivity contribution is -0.110. The molecule has 0 saturated heterocycles. The molecule has 0 fully saturated rings. The van der Waals surface area contributed by atoms with Crippen molar-refractivity contribution in [2.45, 2.75) is 13.6 Å². The predicted molar refractivity (Wildman–Crippen MR) is 118 cm³/mol. The van der Waals surface area contributed by atoms with E-state index in [0.29, 0.717) is 51.9 Å². The number of nitrogens with zero attached hydrogens (tertiary/aromatic N) is 3. The van der Waals surface area contributed by atoms with Crippen molar-refractivity contribution in [2.75, 3.05) is 30.6 Å². The lowest BCUT2D eigenvalue weighted by Gasteiger charge is -2.25. The lowest BCUT2D eigenvalue weighted by atomic mass is 10.1. The third kappa shape index (κ3) is 3.27. The van der Waals surface area contributed by atoms with Crippen LogP contribution in [0.15, 0.2) is 52.3 Å². The molecule has 0 bridgehead atoms. The zero-order valence-corrected chi connectivity index (χ0v) is 17.9. The van der Waals surface area contributed by atoms with E-state index >= 15 is 0 Å². The number of rotatable bonds is 4. The Bertz CT molecular complexity index is 1360. The van der Waals surface area contributed by atoms with Crippen molar-refractivity contribution in [2.24, 2.45) is 4.99 Å². The van der Waals surface area contributed by atoms with Crippen LogP contribution in [0, 0.1) is 0 Å². The highest BCUT2D eigenvalue weighted by molar-refractivity contribution is 7.07. The van der Waals surface area contributed by atoms with Crippen molar-refractivity contribution in [3.8, 4) is 11.5 Å². The van der Waals surface area contributed by atoms with E-state index in [1.807, 2.05) is 36.1 Å². The van der Waals surface area contributed by atoms with Crippen LogP contribution >= 0.6 is 11.3 Å². The Balaban J connectivity index is 1.58. The summed E-state index contributed by atoms with van der Waals surface area (Å²) >= 11 is 1.25. The zero-order valence-electron chi connectivity index (χ0n) is 17.0. The molecule has 3 aromatic rings. The third-order valence-corrected chi connectivity index (χ3v) is 6.38. The molecule has 2 aliphatic rings. The summed E-state index contributed by atoms with van der Waals surface area (Å²) in [5.74, 6) is 1.14. The maximum absolute atomic E-state index is 13.3. The Labute approximate surface area is 181 Å². The van der Waals surface area contributed by atoms with Crippen LogP contribution in [0.3, 0.4) is 0 Å². The molecule has 3 heterocycles. The van der Waals surface area contributed by atoms with Crippen LogP contribution < -0.4 is 34.6 Å². The van der Waals surface area contributed by atoms with Crippen molar-refractivity contribution < 1.29 is 14.3 Å². The topological polar surface area (TPSA) is 85.2 Å². The van der Waals surface area contributed by atoms with Crippen LogP contribution in [-0.4, -0.2) is 30.9 Å². The van der Waals surface area contributed by atoms with Crippen LogP contribution in [0.1, 0.15) is 12.5 Å². The van der Waals surface area contributed by atoms with E-state index in [9.17, 15) is 9.59 Å². The number of aromatic nitrogens is 1. The fourth-order valence-corrected chi connectivity index (χ4v) is 4.80. The van der Waals surface area contributed by atoms with E-state index in [1.165, 1.54) is 11.3 Å². The second-order valence-corrected chi connectivity index (χ2v) is 8.07. The number of anilines is 2. The van der Waals surface area contributed by atoms with Gasteiger partial charge in [0.05, 0.1) is 19.3 Å². The minimum absolute atomic E-state index is 0.221. The van der Waals surface area contributed by atoms with E-state index in [1.54, 1.807) is 29.9 Å². The van der Waals surface area contributed by atoms with Gasteiger partial charge in [0.2, 0.25) is 0 Å². The van der Waals surface area contributed by atoms with Gasteiger partial charge >= 0.3 is 0 Å². The SMILES string of the molecule is CCOc1ccc2c(c1)/C(=c1/sc3n(c1=O)CN(c1ccc(OC)cc1)CN=3)C(=O)N2.